The second kappa shape index (κ2) is 10.8. The van der Waals surface area contributed by atoms with E-state index in [0.29, 0.717) is 25.9 Å². The Kier molecular flexibility index (Phi) is 10.4. The lowest BCUT2D eigenvalue weighted by Crippen LogP contribution is -2.34. The smallest absolute Gasteiger partial charge is 0.308 e. The van der Waals surface area contributed by atoms with Gasteiger partial charge in [-0.1, -0.05) is 45.8 Å². The first-order valence-electron chi connectivity index (χ1n) is 8.16. The Morgan fingerprint density at radius 2 is 1.95 bits per heavy atom. The maximum absolute atomic E-state index is 11.5. The minimum absolute atomic E-state index is 0.00911. The highest BCUT2D eigenvalue weighted by Gasteiger charge is 2.30. The number of ether oxygens (including phenoxy) is 1. The van der Waals surface area contributed by atoms with E-state index in [4.69, 9.17) is 4.74 Å². The van der Waals surface area contributed by atoms with Crippen LogP contribution in [0.5, 0.6) is 0 Å². The summed E-state index contributed by atoms with van der Waals surface area (Å²) >= 11 is 0. The van der Waals surface area contributed by atoms with Crippen molar-refractivity contribution >= 4 is 5.97 Å². The predicted octanol–water partition coefficient (Wildman–Crippen LogP) is 3.21. The third kappa shape index (κ3) is 8.22. The second-order valence-corrected chi connectivity index (χ2v) is 5.60. The number of esters is 1. The Balaban J connectivity index is 4.66. The first kappa shape index (κ1) is 20.1. The van der Waals surface area contributed by atoms with Crippen molar-refractivity contribution in [2.45, 2.75) is 77.9 Å². The van der Waals surface area contributed by atoms with Crippen LogP contribution in [-0.2, 0) is 9.53 Å². The van der Waals surface area contributed by atoms with Gasteiger partial charge in [-0.15, -0.1) is 0 Å². The van der Waals surface area contributed by atoms with Gasteiger partial charge >= 0.3 is 5.97 Å². The van der Waals surface area contributed by atoms with E-state index in [1.807, 2.05) is 26.0 Å². The van der Waals surface area contributed by atoms with Crippen LogP contribution in [0.15, 0.2) is 12.2 Å². The van der Waals surface area contributed by atoms with Gasteiger partial charge in [0.25, 0.3) is 0 Å². The van der Waals surface area contributed by atoms with E-state index in [0.717, 1.165) is 12.8 Å². The van der Waals surface area contributed by atoms with Gasteiger partial charge in [0.1, 0.15) is 0 Å². The van der Waals surface area contributed by atoms with Crippen molar-refractivity contribution in [1.82, 2.24) is 0 Å². The number of aliphatic hydroxyl groups is 2. The van der Waals surface area contributed by atoms with E-state index in [9.17, 15) is 15.0 Å². The molecule has 0 aliphatic heterocycles. The first-order chi connectivity index (χ1) is 9.92. The van der Waals surface area contributed by atoms with Crippen molar-refractivity contribution in [3.63, 3.8) is 0 Å². The van der Waals surface area contributed by atoms with Gasteiger partial charge in [0.15, 0.2) is 0 Å². The fourth-order valence-corrected chi connectivity index (χ4v) is 2.36. The predicted molar refractivity (Wildman–Crippen MR) is 84.9 cm³/mol. The van der Waals surface area contributed by atoms with Crippen molar-refractivity contribution in [1.29, 1.82) is 0 Å². The molecule has 2 N–H and O–H groups in total. The lowest BCUT2D eigenvalue weighted by atomic mass is 9.82. The maximum Gasteiger partial charge on any atom is 0.308 e. The molecule has 0 spiro atoms. The summed E-state index contributed by atoms with van der Waals surface area (Å²) in [6.07, 6.45) is 6.80. The molecule has 0 radical (unpaired) electrons. The van der Waals surface area contributed by atoms with Gasteiger partial charge in [-0.2, -0.15) is 0 Å². The normalized spacial score (nSPS) is 17.4. The van der Waals surface area contributed by atoms with Gasteiger partial charge in [-0.05, 0) is 32.1 Å². The highest BCUT2D eigenvalue weighted by atomic mass is 16.5. The summed E-state index contributed by atoms with van der Waals surface area (Å²) in [7, 11) is 0. The first-order valence-corrected chi connectivity index (χ1v) is 8.16. The van der Waals surface area contributed by atoms with Gasteiger partial charge < -0.3 is 14.9 Å². The minimum Gasteiger partial charge on any atom is -0.466 e. The molecular weight excluding hydrogens is 268 g/mol. The molecular formula is C17H32O4. The molecule has 4 heteroatoms. The summed E-state index contributed by atoms with van der Waals surface area (Å²) in [5, 5.41) is 20.8. The number of hydrogen-bond acceptors (Lipinski definition) is 4. The van der Waals surface area contributed by atoms with Gasteiger partial charge in [0, 0.05) is 0 Å². The van der Waals surface area contributed by atoms with E-state index >= 15 is 0 Å². The van der Waals surface area contributed by atoms with Crippen molar-refractivity contribution in [3.05, 3.63) is 12.2 Å². The van der Waals surface area contributed by atoms with Crippen LogP contribution < -0.4 is 0 Å². The summed E-state index contributed by atoms with van der Waals surface area (Å²) < 4.78 is 4.87. The van der Waals surface area contributed by atoms with Crippen LogP contribution >= 0.6 is 0 Å². The molecule has 0 aromatic rings. The number of carbonyl (C=O) groups is 1. The van der Waals surface area contributed by atoms with Gasteiger partial charge in [-0.3, -0.25) is 4.79 Å². The zero-order chi connectivity index (χ0) is 16.3. The number of allylic oxidation sites excluding steroid dienone is 1. The molecule has 0 aromatic heterocycles. The van der Waals surface area contributed by atoms with E-state index < -0.39 is 11.7 Å². The van der Waals surface area contributed by atoms with Crippen LogP contribution in [0.25, 0.3) is 0 Å². The molecule has 0 saturated heterocycles. The summed E-state index contributed by atoms with van der Waals surface area (Å²) in [6, 6.07) is 0. The van der Waals surface area contributed by atoms with E-state index in [-0.39, 0.29) is 18.3 Å². The molecule has 124 valence electrons. The summed E-state index contributed by atoms with van der Waals surface area (Å²) in [4.78, 5) is 11.5. The molecule has 21 heavy (non-hydrogen) atoms. The number of aliphatic hydroxyl groups excluding tert-OH is 1. The molecule has 0 heterocycles. The Morgan fingerprint density at radius 1 is 1.29 bits per heavy atom. The van der Waals surface area contributed by atoms with Gasteiger partial charge in [0.2, 0.25) is 0 Å². The third-order valence-electron chi connectivity index (χ3n) is 3.86. The van der Waals surface area contributed by atoms with Crippen LogP contribution in [0.2, 0.25) is 0 Å². The zero-order valence-corrected chi connectivity index (χ0v) is 14.0. The Bertz CT molecular complexity index is 314. The number of carbonyl (C=O) groups excluding carboxylic acids is 1. The SMILES string of the molecule is CCCC=CC(O)(CC)CC(CC)C(O)CC(=O)OCC. The summed E-state index contributed by atoms with van der Waals surface area (Å²) in [6.45, 7) is 8.05. The summed E-state index contributed by atoms with van der Waals surface area (Å²) in [5.41, 5.74) is -0.911. The van der Waals surface area contributed by atoms with Crippen molar-refractivity contribution < 1.29 is 19.7 Å². The van der Waals surface area contributed by atoms with Crippen LogP contribution in [0.1, 0.15) is 66.2 Å². The average molecular weight is 300 g/mol. The highest BCUT2D eigenvalue weighted by molar-refractivity contribution is 5.69. The quantitative estimate of drug-likeness (QED) is 0.454. The molecule has 0 rings (SSSR count). The standard InChI is InChI=1S/C17H32O4/c1-5-9-10-11-17(20,7-3)13-14(6-2)15(18)12-16(19)21-8-4/h10-11,14-15,18,20H,5-9,12-13H2,1-4H3. The van der Waals surface area contributed by atoms with Gasteiger partial charge in [-0.25, -0.2) is 0 Å². The molecule has 0 saturated carbocycles. The molecule has 3 atom stereocenters. The minimum atomic E-state index is -0.911. The molecule has 0 bridgehead atoms. The fraction of sp³-hybridized carbons (Fsp3) is 0.824. The highest BCUT2D eigenvalue weighted by Crippen LogP contribution is 2.28. The molecule has 0 aromatic carbocycles. The van der Waals surface area contributed by atoms with Crippen molar-refractivity contribution in [3.8, 4) is 0 Å². The van der Waals surface area contributed by atoms with E-state index in [2.05, 4.69) is 6.92 Å². The monoisotopic (exact) mass is 300 g/mol. The van der Waals surface area contributed by atoms with Crippen molar-refractivity contribution in [2.24, 2.45) is 5.92 Å². The van der Waals surface area contributed by atoms with E-state index in [1.54, 1.807) is 6.92 Å². The second-order valence-electron chi connectivity index (χ2n) is 5.60. The number of unbranched alkanes of at least 4 members (excludes halogenated alkanes) is 1. The molecule has 0 aliphatic carbocycles. The van der Waals surface area contributed by atoms with E-state index in [1.165, 1.54) is 0 Å². The van der Waals surface area contributed by atoms with Crippen molar-refractivity contribution in [2.75, 3.05) is 6.61 Å². The van der Waals surface area contributed by atoms with Crippen LogP contribution in [0, 0.1) is 5.92 Å². The fourth-order valence-electron chi connectivity index (χ4n) is 2.36. The molecule has 0 fully saturated rings. The summed E-state index contributed by atoms with van der Waals surface area (Å²) in [5.74, 6) is -0.504. The third-order valence-corrected chi connectivity index (χ3v) is 3.86. The lowest BCUT2D eigenvalue weighted by molar-refractivity contribution is -0.146. The Hall–Kier alpha value is -0.870. The van der Waals surface area contributed by atoms with Crippen LogP contribution in [0.4, 0.5) is 0 Å². The zero-order valence-electron chi connectivity index (χ0n) is 14.0. The average Bonchev–Trinajstić information content (AvgIpc) is 2.45. The molecule has 0 amide bonds. The Labute approximate surface area is 129 Å². The number of rotatable bonds is 11. The lowest BCUT2D eigenvalue weighted by Gasteiger charge is -2.30. The molecule has 0 aliphatic rings. The maximum atomic E-state index is 11.5. The van der Waals surface area contributed by atoms with Gasteiger partial charge in [0.05, 0.1) is 24.7 Å². The Morgan fingerprint density at radius 3 is 2.43 bits per heavy atom. The largest absolute Gasteiger partial charge is 0.466 e. The number of hydrogen-bond donors (Lipinski definition) is 2. The molecule has 4 nitrogen and oxygen atoms in total. The van der Waals surface area contributed by atoms with Crippen LogP contribution in [0.3, 0.4) is 0 Å². The molecule has 3 unspecified atom stereocenters. The van der Waals surface area contributed by atoms with Crippen LogP contribution in [-0.4, -0.2) is 34.5 Å². The topological polar surface area (TPSA) is 66.8 Å².